The van der Waals surface area contributed by atoms with Gasteiger partial charge >= 0.3 is 0 Å². The SMILES string of the molecule is CC(SC1CCCC1)C(=O)Nc1ccc(S(=O)(=O)N2CCCC2)cc1. The van der Waals surface area contributed by atoms with Crippen molar-refractivity contribution in [2.45, 2.75) is 60.8 Å². The Kier molecular flexibility index (Phi) is 6.07. The van der Waals surface area contributed by atoms with Gasteiger partial charge in [-0.15, -0.1) is 11.8 Å². The molecular weight excluding hydrogens is 356 g/mol. The number of nitrogens with one attached hydrogen (secondary N) is 1. The number of benzene rings is 1. The van der Waals surface area contributed by atoms with Gasteiger partial charge in [0.2, 0.25) is 15.9 Å². The van der Waals surface area contributed by atoms with Gasteiger partial charge in [0.25, 0.3) is 0 Å². The molecule has 1 N–H and O–H groups in total. The second kappa shape index (κ2) is 8.10. The maximum atomic E-state index is 12.5. The average molecular weight is 383 g/mol. The third-order valence-electron chi connectivity index (χ3n) is 4.89. The number of anilines is 1. The van der Waals surface area contributed by atoms with Crippen LogP contribution in [-0.4, -0.2) is 42.2 Å². The highest BCUT2D eigenvalue weighted by Crippen LogP contribution is 2.32. The first kappa shape index (κ1) is 18.7. The molecule has 1 aromatic rings. The molecule has 2 fully saturated rings. The molecular formula is C18H26N2O3S2. The summed E-state index contributed by atoms with van der Waals surface area (Å²) in [6, 6.07) is 6.51. The van der Waals surface area contributed by atoms with Crippen molar-refractivity contribution in [1.82, 2.24) is 4.31 Å². The van der Waals surface area contributed by atoms with E-state index in [4.69, 9.17) is 0 Å². The highest BCUT2D eigenvalue weighted by Gasteiger charge is 2.27. The number of hydrogen-bond donors (Lipinski definition) is 1. The summed E-state index contributed by atoms with van der Waals surface area (Å²) in [4.78, 5) is 12.6. The summed E-state index contributed by atoms with van der Waals surface area (Å²) >= 11 is 1.74. The van der Waals surface area contributed by atoms with Gasteiger partial charge in [-0.25, -0.2) is 8.42 Å². The lowest BCUT2D eigenvalue weighted by Crippen LogP contribution is -2.28. The zero-order valence-corrected chi connectivity index (χ0v) is 16.2. The number of thioether (sulfide) groups is 1. The van der Waals surface area contributed by atoms with Crippen molar-refractivity contribution in [3.8, 4) is 0 Å². The van der Waals surface area contributed by atoms with Crippen LogP contribution >= 0.6 is 11.8 Å². The van der Waals surface area contributed by atoms with E-state index in [1.807, 2.05) is 6.92 Å². The molecule has 3 rings (SSSR count). The summed E-state index contributed by atoms with van der Waals surface area (Å²) in [6.45, 7) is 3.12. The standard InChI is InChI=1S/C18H26N2O3S2/c1-14(24-16-6-2-3-7-16)18(21)19-15-8-10-17(11-9-15)25(22,23)20-12-4-5-13-20/h8-11,14,16H,2-7,12-13H2,1H3,(H,19,21). The maximum absolute atomic E-state index is 12.5. The van der Waals surface area contributed by atoms with E-state index in [1.165, 1.54) is 30.0 Å². The largest absolute Gasteiger partial charge is 0.325 e. The number of carbonyl (C=O) groups is 1. The van der Waals surface area contributed by atoms with E-state index >= 15 is 0 Å². The molecule has 2 aliphatic rings. The summed E-state index contributed by atoms with van der Waals surface area (Å²) in [5.74, 6) is -0.0212. The first-order valence-corrected chi connectivity index (χ1v) is 11.4. The molecule has 1 aromatic carbocycles. The summed E-state index contributed by atoms with van der Waals surface area (Å²) in [5, 5.41) is 3.39. The van der Waals surface area contributed by atoms with Crippen LogP contribution in [0.1, 0.15) is 45.4 Å². The molecule has 0 bridgehead atoms. The number of amides is 1. The van der Waals surface area contributed by atoms with Gasteiger partial charge in [0, 0.05) is 24.0 Å². The molecule has 7 heteroatoms. The predicted molar refractivity (Wildman–Crippen MR) is 102 cm³/mol. The normalized spacial score (nSPS) is 20.7. The molecule has 1 unspecified atom stereocenters. The Balaban J connectivity index is 1.59. The Labute approximate surface area is 154 Å². The van der Waals surface area contributed by atoms with Crippen LogP contribution in [0.5, 0.6) is 0 Å². The lowest BCUT2D eigenvalue weighted by Gasteiger charge is -2.17. The zero-order valence-electron chi connectivity index (χ0n) is 14.6. The Morgan fingerprint density at radius 1 is 1.12 bits per heavy atom. The molecule has 0 spiro atoms. The fraction of sp³-hybridized carbons (Fsp3) is 0.611. The van der Waals surface area contributed by atoms with Crippen molar-refractivity contribution in [1.29, 1.82) is 0 Å². The smallest absolute Gasteiger partial charge is 0.243 e. The zero-order chi connectivity index (χ0) is 17.9. The van der Waals surface area contributed by atoms with Crippen molar-refractivity contribution in [2.24, 2.45) is 0 Å². The van der Waals surface area contributed by atoms with Gasteiger partial charge in [-0.2, -0.15) is 4.31 Å². The minimum Gasteiger partial charge on any atom is -0.325 e. The number of carbonyl (C=O) groups excluding carboxylic acids is 1. The van der Waals surface area contributed by atoms with Crippen LogP contribution in [0.3, 0.4) is 0 Å². The van der Waals surface area contributed by atoms with Crippen molar-refractivity contribution in [3.05, 3.63) is 24.3 Å². The number of hydrogen-bond acceptors (Lipinski definition) is 4. The van der Waals surface area contributed by atoms with Gasteiger partial charge in [0.15, 0.2) is 0 Å². The first-order chi connectivity index (χ1) is 12.0. The monoisotopic (exact) mass is 382 g/mol. The van der Waals surface area contributed by atoms with Gasteiger partial charge in [0.1, 0.15) is 0 Å². The highest BCUT2D eigenvalue weighted by molar-refractivity contribution is 8.01. The Bertz CT molecular complexity index is 692. The first-order valence-electron chi connectivity index (χ1n) is 9.03. The van der Waals surface area contributed by atoms with Gasteiger partial charge in [-0.05, 0) is 56.9 Å². The molecule has 1 heterocycles. The number of sulfonamides is 1. The second-order valence-electron chi connectivity index (χ2n) is 6.81. The van der Waals surface area contributed by atoms with E-state index in [0.717, 1.165) is 12.8 Å². The molecule has 1 saturated carbocycles. The summed E-state index contributed by atoms with van der Waals surface area (Å²) in [5.41, 5.74) is 0.643. The number of nitrogens with zero attached hydrogens (tertiary/aromatic N) is 1. The number of rotatable bonds is 6. The lowest BCUT2D eigenvalue weighted by molar-refractivity contribution is -0.115. The third-order valence-corrected chi connectivity index (χ3v) is 8.28. The molecule has 1 aliphatic carbocycles. The molecule has 1 amide bonds. The Morgan fingerprint density at radius 2 is 1.72 bits per heavy atom. The van der Waals surface area contributed by atoms with Crippen LogP contribution in [0.25, 0.3) is 0 Å². The van der Waals surface area contributed by atoms with Crippen LogP contribution in [0, 0.1) is 0 Å². The van der Waals surface area contributed by atoms with Crippen LogP contribution < -0.4 is 5.32 Å². The van der Waals surface area contributed by atoms with Crippen LogP contribution in [0.4, 0.5) is 5.69 Å². The molecule has 138 valence electrons. The third kappa shape index (κ3) is 4.57. The maximum Gasteiger partial charge on any atom is 0.243 e. The molecule has 1 atom stereocenters. The fourth-order valence-corrected chi connectivity index (χ4v) is 6.29. The van der Waals surface area contributed by atoms with E-state index in [-0.39, 0.29) is 11.2 Å². The van der Waals surface area contributed by atoms with Gasteiger partial charge < -0.3 is 5.32 Å². The van der Waals surface area contributed by atoms with Gasteiger partial charge in [-0.3, -0.25) is 4.79 Å². The quantitative estimate of drug-likeness (QED) is 0.818. The minimum absolute atomic E-state index is 0.0212. The van der Waals surface area contributed by atoms with E-state index in [1.54, 1.807) is 36.0 Å². The van der Waals surface area contributed by atoms with Gasteiger partial charge in [0.05, 0.1) is 10.1 Å². The van der Waals surface area contributed by atoms with Gasteiger partial charge in [-0.1, -0.05) is 12.8 Å². The Hall–Kier alpha value is -1.05. The fourth-order valence-electron chi connectivity index (χ4n) is 3.41. The molecule has 1 aliphatic heterocycles. The minimum atomic E-state index is -3.40. The average Bonchev–Trinajstić information content (AvgIpc) is 3.29. The van der Waals surface area contributed by atoms with Crippen LogP contribution in [-0.2, 0) is 14.8 Å². The topological polar surface area (TPSA) is 66.5 Å². The second-order valence-corrected chi connectivity index (χ2v) is 10.4. The summed E-state index contributed by atoms with van der Waals surface area (Å²) in [7, 11) is -3.40. The van der Waals surface area contributed by atoms with E-state index in [0.29, 0.717) is 28.9 Å². The molecule has 0 aromatic heterocycles. The predicted octanol–water partition coefficient (Wildman–Crippen LogP) is 3.47. The Morgan fingerprint density at radius 3 is 2.32 bits per heavy atom. The van der Waals surface area contributed by atoms with E-state index in [9.17, 15) is 13.2 Å². The van der Waals surface area contributed by atoms with Crippen LogP contribution in [0.15, 0.2) is 29.2 Å². The summed E-state index contributed by atoms with van der Waals surface area (Å²) in [6.07, 6.45) is 6.77. The molecule has 25 heavy (non-hydrogen) atoms. The highest BCUT2D eigenvalue weighted by atomic mass is 32.2. The lowest BCUT2D eigenvalue weighted by atomic mass is 10.3. The van der Waals surface area contributed by atoms with E-state index in [2.05, 4.69) is 5.32 Å². The van der Waals surface area contributed by atoms with Crippen molar-refractivity contribution in [3.63, 3.8) is 0 Å². The van der Waals surface area contributed by atoms with Crippen molar-refractivity contribution < 1.29 is 13.2 Å². The molecule has 5 nitrogen and oxygen atoms in total. The van der Waals surface area contributed by atoms with E-state index < -0.39 is 10.0 Å². The van der Waals surface area contributed by atoms with Crippen LogP contribution in [0.2, 0.25) is 0 Å². The molecule has 1 saturated heterocycles. The van der Waals surface area contributed by atoms with Crippen molar-refractivity contribution in [2.75, 3.05) is 18.4 Å². The summed E-state index contributed by atoms with van der Waals surface area (Å²) < 4.78 is 26.5. The van der Waals surface area contributed by atoms with Crippen molar-refractivity contribution >= 4 is 33.4 Å². The molecule has 0 radical (unpaired) electrons.